The number of fused-ring (bicyclic) bond motifs is 1. The van der Waals surface area contributed by atoms with Gasteiger partial charge in [-0.1, -0.05) is 0 Å². The molecule has 2 aromatic heterocycles. The summed E-state index contributed by atoms with van der Waals surface area (Å²) < 4.78 is 51.5. The maximum atomic E-state index is 11.9. The summed E-state index contributed by atoms with van der Waals surface area (Å²) in [5.74, 6) is -0.321. The first-order valence-corrected chi connectivity index (χ1v) is 12.8. The third kappa shape index (κ3) is 6.97. The first-order valence-electron chi connectivity index (χ1n) is 8.32. The van der Waals surface area contributed by atoms with Crippen LogP contribution in [0.2, 0.25) is 0 Å². The SMILES string of the molecule is CO[C@](C)(COP(=O)(O)OP(=O)(O)OP(=O)(O)O)[C@@H](O)[C@@H](O)n1cnc2c(=O)[nH]c(N)nc21. The number of hydrogen-bond acceptors (Lipinski definition) is 13. The number of phosphoric acid groups is 3. The number of rotatable bonds is 11. The number of nitrogens with zero attached hydrogens (tertiary/aromatic N) is 3. The molecule has 22 heteroatoms. The standard InChI is InChI=1S/C11H20N5O14P3/c1-11(27-2,3-28-32(23,24)30-33(25,26)29-31(20,21)22)6(17)9(19)16-4-13-5-7(16)14-10(12)15-8(5)18/h4,6,9,17,19H,3H2,1-2H3,(H,23,24)(H,25,26)(H2,20,21,22)(H3,12,14,15,18)/t6-,9+,11+/m0/s1. The molecule has 19 nitrogen and oxygen atoms in total. The molecule has 2 heterocycles. The van der Waals surface area contributed by atoms with Crippen molar-refractivity contribution in [2.24, 2.45) is 0 Å². The van der Waals surface area contributed by atoms with Crippen molar-refractivity contribution >= 4 is 40.6 Å². The molecular formula is C11H20N5O14P3. The number of aliphatic hydroxyl groups is 2. The first kappa shape index (κ1) is 27.7. The van der Waals surface area contributed by atoms with Crippen LogP contribution in [0.3, 0.4) is 0 Å². The third-order valence-electron chi connectivity index (χ3n) is 4.04. The molecule has 33 heavy (non-hydrogen) atoms. The minimum atomic E-state index is -5.76. The molecule has 0 aliphatic heterocycles. The Bertz CT molecular complexity index is 1210. The van der Waals surface area contributed by atoms with Crippen LogP contribution < -0.4 is 11.3 Å². The van der Waals surface area contributed by atoms with E-state index in [4.69, 9.17) is 20.3 Å². The van der Waals surface area contributed by atoms with E-state index in [1.54, 1.807) is 0 Å². The summed E-state index contributed by atoms with van der Waals surface area (Å²) in [5.41, 5.74) is 2.22. The average Bonchev–Trinajstić information content (AvgIpc) is 3.06. The number of hydrogen-bond donors (Lipinski definition) is 8. The van der Waals surface area contributed by atoms with Crippen LogP contribution in [0.4, 0.5) is 5.95 Å². The minimum Gasteiger partial charge on any atom is -0.385 e. The zero-order valence-corrected chi connectivity index (χ0v) is 19.3. The lowest BCUT2D eigenvalue weighted by Crippen LogP contribution is -2.49. The predicted molar refractivity (Wildman–Crippen MR) is 105 cm³/mol. The Morgan fingerprint density at radius 3 is 2.33 bits per heavy atom. The monoisotopic (exact) mass is 539 g/mol. The number of nitrogens with one attached hydrogen (secondary N) is 1. The molecule has 0 amide bonds. The van der Waals surface area contributed by atoms with Gasteiger partial charge in [0.05, 0.1) is 12.9 Å². The highest BCUT2D eigenvalue weighted by Crippen LogP contribution is 2.66. The van der Waals surface area contributed by atoms with Gasteiger partial charge in [-0.25, -0.2) is 18.7 Å². The second-order valence-electron chi connectivity index (χ2n) is 6.51. The van der Waals surface area contributed by atoms with Gasteiger partial charge in [0.15, 0.2) is 17.4 Å². The van der Waals surface area contributed by atoms with Crippen LogP contribution in [0.1, 0.15) is 13.2 Å². The van der Waals surface area contributed by atoms with E-state index in [1.807, 2.05) is 0 Å². The highest BCUT2D eigenvalue weighted by molar-refractivity contribution is 7.66. The van der Waals surface area contributed by atoms with Crippen molar-refractivity contribution in [3.8, 4) is 0 Å². The summed E-state index contributed by atoms with van der Waals surface area (Å²) in [6, 6.07) is 0. The average molecular weight is 539 g/mol. The first-order chi connectivity index (χ1) is 14.9. The highest BCUT2D eigenvalue weighted by Gasteiger charge is 2.45. The number of aliphatic hydroxyl groups excluding tert-OH is 2. The lowest BCUT2D eigenvalue weighted by atomic mass is 9.98. The quantitative estimate of drug-likeness (QED) is 0.148. The summed E-state index contributed by atoms with van der Waals surface area (Å²) >= 11 is 0. The van der Waals surface area contributed by atoms with Gasteiger partial charge >= 0.3 is 23.5 Å². The number of nitrogens with two attached hydrogens (primary N) is 1. The van der Waals surface area contributed by atoms with E-state index >= 15 is 0 Å². The topological polar surface area (TPSA) is 299 Å². The van der Waals surface area contributed by atoms with E-state index < -0.39 is 53.6 Å². The van der Waals surface area contributed by atoms with Crippen LogP contribution in [-0.2, 0) is 31.6 Å². The Balaban J connectivity index is 2.22. The highest BCUT2D eigenvalue weighted by atomic mass is 31.3. The fraction of sp³-hybridized carbons (Fsp3) is 0.545. The van der Waals surface area contributed by atoms with Gasteiger partial charge in [-0.2, -0.15) is 13.6 Å². The smallest absolute Gasteiger partial charge is 0.385 e. The summed E-state index contributed by atoms with van der Waals surface area (Å²) in [7, 11) is -15.9. The van der Waals surface area contributed by atoms with Crippen molar-refractivity contribution in [3.63, 3.8) is 0 Å². The Labute approximate surface area is 183 Å². The van der Waals surface area contributed by atoms with Crippen LogP contribution in [0.5, 0.6) is 0 Å². The number of imidazole rings is 1. The number of methoxy groups -OCH3 is 1. The zero-order valence-electron chi connectivity index (χ0n) is 16.6. The van der Waals surface area contributed by atoms with Crippen LogP contribution >= 0.6 is 23.5 Å². The number of aromatic nitrogens is 4. The summed E-state index contributed by atoms with van der Waals surface area (Å²) in [4.78, 5) is 57.4. The molecule has 0 radical (unpaired) electrons. The summed E-state index contributed by atoms with van der Waals surface area (Å²) in [6.07, 6.45) is -2.99. The van der Waals surface area contributed by atoms with E-state index in [9.17, 15) is 38.5 Å². The summed E-state index contributed by atoms with van der Waals surface area (Å²) in [6.45, 7) is -0.00647. The van der Waals surface area contributed by atoms with Crippen molar-refractivity contribution in [1.82, 2.24) is 19.5 Å². The molecule has 0 aliphatic carbocycles. The van der Waals surface area contributed by atoms with Gasteiger partial charge in [0, 0.05) is 7.11 Å². The molecule has 2 unspecified atom stereocenters. The largest absolute Gasteiger partial charge is 0.490 e. The van der Waals surface area contributed by atoms with Crippen molar-refractivity contribution in [2.75, 3.05) is 19.5 Å². The predicted octanol–water partition coefficient (Wildman–Crippen LogP) is -1.70. The molecule has 188 valence electrons. The molecule has 0 saturated carbocycles. The van der Waals surface area contributed by atoms with E-state index in [-0.39, 0.29) is 17.1 Å². The second kappa shape index (κ2) is 9.59. The van der Waals surface area contributed by atoms with Crippen molar-refractivity contribution in [1.29, 1.82) is 0 Å². The second-order valence-corrected chi connectivity index (χ2v) is 10.9. The minimum absolute atomic E-state index is 0.228. The number of H-pyrrole nitrogens is 1. The van der Waals surface area contributed by atoms with Crippen LogP contribution in [0.25, 0.3) is 11.2 Å². The number of phosphoric ester groups is 1. The molecule has 0 fully saturated rings. The Morgan fingerprint density at radius 1 is 1.18 bits per heavy atom. The Hall–Kier alpha value is -1.56. The zero-order chi connectivity index (χ0) is 25.4. The fourth-order valence-corrected chi connectivity index (χ4v) is 5.50. The Kier molecular flexibility index (Phi) is 8.05. The molecule has 0 aromatic carbocycles. The van der Waals surface area contributed by atoms with Crippen LogP contribution in [0.15, 0.2) is 11.1 Å². The van der Waals surface area contributed by atoms with E-state index in [2.05, 4.69) is 28.1 Å². The maximum Gasteiger partial charge on any atom is 0.490 e. The third-order valence-corrected chi connectivity index (χ3v) is 7.82. The molecular weight excluding hydrogens is 519 g/mol. The van der Waals surface area contributed by atoms with E-state index in [1.165, 1.54) is 0 Å². The van der Waals surface area contributed by atoms with Crippen LogP contribution in [0, 0.1) is 0 Å². The van der Waals surface area contributed by atoms with Crippen molar-refractivity contribution < 1.29 is 61.4 Å². The molecule has 0 bridgehead atoms. The van der Waals surface area contributed by atoms with Crippen molar-refractivity contribution in [3.05, 3.63) is 16.7 Å². The van der Waals surface area contributed by atoms with Gasteiger partial charge in [-0.15, -0.1) is 0 Å². The molecule has 5 atom stereocenters. The van der Waals surface area contributed by atoms with E-state index in [0.29, 0.717) is 0 Å². The number of aromatic amines is 1. The van der Waals surface area contributed by atoms with Gasteiger partial charge in [-0.3, -0.25) is 18.9 Å². The Morgan fingerprint density at radius 2 is 1.79 bits per heavy atom. The molecule has 2 rings (SSSR count). The van der Waals surface area contributed by atoms with Gasteiger partial charge < -0.3 is 40.3 Å². The number of ether oxygens (including phenoxy) is 1. The lowest BCUT2D eigenvalue weighted by molar-refractivity contribution is -0.168. The molecule has 0 spiro atoms. The number of anilines is 1. The van der Waals surface area contributed by atoms with Gasteiger partial charge in [0.2, 0.25) is 5.95 Å². The fourth-order valence-electron chi connectivity index (χ4n) is 2.38. The van der Waals surface area contributed by atoms with Crippen molar-refractivity contribution in [2.45, 2.75) is 24.9 Å². The van der Waals surface area contributed by atoms with E-state index in [0.717, 1.165) is 24.9 Å². The lowest BCUT2D eigenvalue weighted by Gasteiger charge is -2.35. The van der Waals surface area contributed by atoms with Gasteiger partial charge in [0.1, 0.15) is 11.7 Å². The van der Waals surface area contributed by atoms with Gasteiger partial charge in [-0.05, 0) is 6.92 Å². The van der Waals surface area contributed by atoms with Crippen LogP contribution in [-0.4, -0.2) is 74.7 Å². The normalized spacial score (nSPS) is 20.0. The summed E-state index contributed by atoms with van der Waals surface area (Å²) in [5, 5.41) is 21.2. The molecule has 0 saturated heterocycles. The maximum absolute atomic E-state index is 11.9. The molecule has 0 aliphatic rings. The molecule has 2 aromatic rings. The number of nitrogen functional groups attached to an aromatic ring is 1. The van der Waals surface area contributed by atoms with Gasteiger partial charge in [0.25, 0.3) is 5.56 Å². The molecule has 9 N–H and O–H groups in total.